The molecule has 1 aliphatic rings. The zero-order chi connectivity index (χ0) is 13.9. The van der Waals surface area contributed by atoms with Gasteiger partial charge in [-0.15, -0.1) is 22.7 Å². The molecule has 0 aromatic carbocycles. The SMILES string of the molecule is O=C(N/N=C/c1ccc(Br)s1)c1csc2c1CCCC2. The number of nitrogens with one attached hydrogen (secondary N) is 1. The average molecular weight is 369 g/mol. The maximum atomic E-state index is 12.1. The molecule has 0 aliphatic heterocycles. The predicted octanol–water partition coefficient (Wildman–Crippen LogP) is 4.21. The first-order valence-corrected chi connectivity index (χ1v) is 8.91. The molecule has 1 amide bonds. The van der Waals surface area contributed by atoms with Gasteiger partial charge in [0.25, 0.3) is 5.91 Å². The molecule has 2 aromatic heterocycles. The van der Waals surface area contributed by atoms with Gasteiger partial charge in [-0.05, 0) is 59.3 Å². The van der Waals surface area contributed by atoms with Crippen LogP contribution in [0.4, 0.5) is 0 Å². The van der Waals surface area contributed by atoms with Gasteiger partial charge >= 0.3 is 0 Å². The average Bonchev–Trinajstić information content (AvgIpc) is 3.05. The summed E-state index contributed by atoms with van der Waals surface area (Å²) in [7, 11) is 0. The fourth-order valence-corrected chi connectivity index (χ4v) is 4.72. The molecule has 20 heavy (non-hydrogen) atoms. The lowest BCUT2D eigenvalue weighted by atomic mass is 9.96. The number of hydrazone groups is 1. The van der Waals surface area contributed by atoms with Crippen molar-refractivity contribution in [1.29, 1.82) is 0 Å². The Morgan fingerprint density at radius 2 is 2.20 bits per heavy atom. The van der Waals surface area contributed by atoms with E-state index in [0.717, 1.165) is 27.1 Å². The summed E-state index contributed by atoms with van der Waals surface area (Å²) in [6, 6.07) is 3.92. The van der Waals surface area contributed by atoms with Crippen LogP contribution in [0.2, 0.25) is 0 Å². The molecule has 0 saturated carbocycles. The number of nitrogens with zero attached hydrogens (tertiary/aromatic N) is 1. The molecule has 3 nitrogen and oxygen atoms in total. The summed E-state index contributed by atoms with van der Waals surface area (Å²) in [5, 5.41) is 5.99. The van der Waals surface area contributed by atoms with Crippen molar-refractivity contribution in [2.75, 3.05) is 0 Å². The first kappa shape index (κ1) is 14.0. The topological polar surface area (TPSA) is 41.5 Å². The molecule has 104 valence electrons. The van der Waals surface area contributed by atoms with Crippen molar-refractivity contribution in [3.05, 3.63) is 42.2 Å². The zero-order valence-electron chi connectivity index (χ0n) is 10.7. The van der Waals surface area contributed by atoms with Gasteiger partial charge in [0.1, 0.15) is 0 Å². The summed E-state index contributed by atoms with van der Waals surface area (Å²) in [5.74, 6) is -0.101. The van der Waals surface area contributed by atoms with E-state index >= 15 is 0 Å². The van der Waals surface area contributed by atoms with Crippen molar-refractivity contribution in [3.8, 4) is 0 Å². The molecule has 1 aliphatic carbocycles. The minimum atomic E-state index is -0.101. The van der Waals surface area contributed by atoms with Crippen molar-refractivity contribution in [2.45, 2.75) is 25.7 Å². The molecule has 0 saturated heterocycles. The molecule has 2 aromatic rings. The molecular weight excluding hydrogens is 356 g/mol. The van der Waals surface area contributed by atoms with E-state index in [2.05, 4.69) is 26.5 Å². The lowest BCUT2D eigenvalue weighted by Gasteiger charge is -2.11. The predicted molar refractivity (Wildman–Crippen MR) is 88.0 cm³/mol. The number of amides is 1. The normalized spacial score (nSPS) is 14.4. The van der Waals surface area contributed by atoms with Gasteiger partial charge in [-0.1, -0.05) is 0 Å². The van der Waals surface area contributed by atoms with Crippen molar-refractivity contribution in [2.24, 2.45) is 5.10 Å². The Morgan fingerprint density at radius 1 is 1.35 bits per heavy atom. The second-order valence-corrected chi connectivity index (χ2v) is 8.06. The largest absolute Gasteiger partial charge is 0.272 e. The van der Waals surface area contributed by atoms with E-state index in [9.17, 15) is 4.79 Å². The van der Waals surface area contributed by atoms with E-state index < -0.39 is 0 Å². The Bertz CT molecular complexity index is 660. The van der Waals surface area contributed by atoms with E-state index in [1.807, 2.05) is 17.5 Å². The van der Waals surface area contributed by atoms with Crippen LogP contribution in [0.3, 0.4) is 0 Å². The van der Waals surface area contributed by atoms with Crippen molar-refractivity contribution in [3.63, 3.8) is 0 Å². The smallest absolute Gasteiger partial charge is 0.267 e. The third kappa shape index (κ3) is 3.02. The Hall–Kier alpha value is -0.980. The molecule has 1 N–H and O–H groups in total. The van der Waals surface area contributed by atoms with Gasteiger partial charge in [0.15, 0.2) is 0 Å². The zero-order valence-corrected chi connectivity index (χ0v) is 13.9. The van der Waals surface area contributed by atoms with Gasteiger partial charge < -0.3 is 0 Å². The van der Waals surface area contributed by atoms with Gasteiger partial charge in [-0.3, -0.25) is 4.79 Å². The molecule has 0 spiro atoms. The maximum Gasteiger partial charge on any atom is 0.272 e. The van der Waals surface area contributed by atoms with E-state index in [1.165, 1.54) is 23.3 Å². The molecule has 3 rings (SSSR count). The van der Waals surface area contributed by atoms with Crippen LogP contribution in [0.25, 0.3) is 0 Å². The number of fused-ring (bicyclic) bond motifs is 1. The Labute approximate surface area is 133 Å². The third-order valence-electron chi connectivity index (χ3n) is 3.26. The minimum Gasteiger partial charge on any atom is -0.267 e. The minimum absolute atomic E-state index is 0.101. The number of carbonyl (C=O) groups is 1. The highest BCUT2D eigenvalue weighted by molar-refractivity contribution is 9.11. The van der Waals surface area contributed by atoms with E-state index in [-0.39, 0.29) is 5.91 Å². The van der Waals surface area contributed by atoms with Crippen molar-refractivity contribution < 1.29 is 4.79 Å². The van der Waals surface area contributed by atoms with Crippen LogP contribution in [-0.4, -0.2) is 12.1 Å². The van der Waals surface area contributed by atoms with Crippen molar-refractivity contribution in [1.82, 2.24) is 5.43 Å². The molecule has 0 unspecified atom stereocenters. The van der Waals surface area contributed by atoms with Gasteiger partial charge in [0.05, 0.1) is 15.6 Å². The standard InChI is InChI=1S/C14H13BrN2OS2/c15-13-6-5-9(20-13)7-16-17-14(18)11-8-19-12-4-2-1-3-10(11)12/h5-8H,1-4H2,(H,17,18)/b16-7+. The van der Waals surface area contributed by atoms with Crippen LogP contribution >= 0.6 is 38.6 Å². The summed E-state index contributed by atoms with van der Waals surface area (Å²) in [5.41, 5.74) is 4.65. The highest BCUT2D eigenvalue weighted by atomic mass is 79.9. The van der Waals surface area contributed by atoms with E-state index in [0.29, 0.717) is 0 Å². The van der Waals surface area contributed by atoms with Crippen LogP contribution in [-0.2, 0) is 12.8 Å². The van der Waals surface area contributed by atoms with E-state index in [1.54, 1.807) is 28.9 Å². The second kappa shape index (κ2) is 6.20. The number of hydrogen-bond donors (Lipinski definition) is 1. The fourth-order valence-electron chi connectivity index (χ4n) is 2.30. The first-order valence-electron chi connectivity index (χ1n) is 6.42. The quantitative estimate of drug-likeness (QED) is 0.639. The number of carbonyl (C=O) groups excluding carboxylic acids is 1. The fraction of sp³-hybridized carbons (Fsp3) is 0.286. The Morgan fingerprint density at radius 3 is 3.00 bits per heavy atom. The van der Waals surface area contributed by atoms with Crippen LogP contribution in [0.5, 0.6) is 0 Å². The molecule has 2 heterocycles. The van der Waals surface area contributed by atoms with Gasteiger partial charge in [0.2, 0.25) is 0 Å². The maximum absolute atomic E-state index is 12.1. The second-order valence-electron chi connectivity index (χ2n) is 4.60. The molecule has 6 heteroatoms. The number of thiophene rings is 2. The van der Waals surface area contributed by atoms with Crippen LogP contribution < -0.4 is 5.43 Å². The lowest BCUT2D eigenvalue weighted by Crippen LogP contribution is -2.19. The van der Waals surface area contributed by atoms with Gasteiger partial charge in [-0.25, -0.2) is 5.43 Å². The molecule has 0 fully saturated rings. The van der Waals surface area contributed by atoms with Crippen LogP contribution in [0, 0.1) is 0 Å². The Balaban J connectivity index is 1.67. The number of aryl methyl sites for hydroxylation is 1. The van der Waals surface area contributed by atoms with Gasteiger partial charge in [0, 0.05) is 15.1 Å². The van der Waals surface area contributed by atoms with Crippen LogP contribution in [0.1, 0.15) is 38.5 Å². The highest BCUT2D eigenvalue weighted by Gasteiger charge is 2.19. The van der Waals surface area contributed by atoms with Crippen LogP contribution in [0.15, 0.2) is 26.4 Å². The summed E-state index contributed by atoms with van der Waals surface area (Å²) in [6.45, 7) is 0. The van der Waals surface area contributed by atoms with Gasteiger partial charge in [-0.2, -0.15) is 5.10 Å². The summed E-state index contributed by atoms with van der Waals surface area (Å²) in [6.07, 6.45) is 6.21. The van der Waals surface area contributed by atoms with Crippen molar-refractivity contribution >= 4 is 50.7 Å². The van der Waals surface area contributed by atoms with E-state index in [4.69, 9.17) is 0 Å². The first-order chi connectivity index (χ1) is 9.74. The molecule has 0 bridgehead atoms. The monoisotopic (exact) mass is 368 g/mol. The number of halogens is 1. The summed E-state index contributed by atoms with van der Waals surface area (Å²) < 4.78 is 1.05. The third-order valence-corrected chi connectivity index (χ3v) is 5.90. The number of rotatable bonds is 3. The Kier molecular flexibility index (Phi) is 4.33. The molecule has 0 radical (unpaired) electrons. The number of hydrogen-bond acceptors (Lipinski definition) is 4. The highest BCUT2D eigenvalue weighted by Crippen LogP contribution is 2.30. The molecule has 0 atom stereocenters. The summed E-state index contributed by atoms with van der Waals surface area (Å²) in [4.78, 5) is 14.5. The molecular formula is C14H13BrN2OS2. The summed E-state index contributed by atoms with van der Waals surface area (Å²) >= 11 is 6.67. The lowest BCUT2D eigenvalue weighted by molar-refractivity contribution is 0.0954.